The Morgan fingerprint density at radius 1 is 1.16 bits per heavy atom. The molecule has 0 unspecified atom stereocenters. The number of nitrogens with one attached hydrogen (secondary N) is 1. The minimum atomic E-state index is -0.658. The van der Waals surface area contributed by atoms with Gasteiger partial charge in [0.1, 0.15) is 10.8 Å². The molecule has 2 aromatic carbocycles. The van der Waals surface area contributed by atoms with Crippen LogP contribution in [0.1, 0.15) is 5.56 Å². The van der Waals surface area contributed by atoms with Crippen LogP contribution in [-0.4, -0.2) is 22.4 Å². The molecule has 0 saturated carbocycles. The predicted octanol–water partition coefficient (Wildman–Crippen LogP) is 3.48. The second kappa shape index (κ2) is 7.58. The number of benzene rings is 2. The van der Waals surface area contributed by atoms with Gasteiger partial charge in [-0.15, -0.1) is 0 Å². The van der Waals surface area contributed by atoms with E-state index in [0.717, 1.165) is 6.07 Å². The molecule has 0 aliphatic rings. The van der Waals surface area contributed by atoms with Gasteiger partial charge in [0.2, 0.25) is 0 Å². The number of aryl methyl sites for hydroxylation is 1. The highest BCUT2D eigenvalue weighted by atomic mass is 35.5. The zero-order valence-corrected chi connectivity index (χ0v) is 13.6. The van der Waals surface area contributed by atoms with Crippen LogP contribution in [0.4, 0.5) is 17.1 Å². The van der Waals surface area contributed by atoms with Crippen molar-refractivity contribution in [2.45, 2.75) is 6.92 Å². The first-order chi connectivity index (χ1) is 11.8. The van der Waals surface area contributed by atoms with E-state index in [-0.39, 0.29) is 28.7 Å². The lowest BCUT2D eigenvalue weighted by Crippen LogP contribution is -2.20. The van der Waals surface area contributed by atoms with Crippen molar-refractivity contribution in [1.29, 1.82) is 0 Å². The Hall–Kier alpha value is -3.20. The molecule has 130 valence electrons. The summed E-state index contributed by atoms with van der Waals surface area (Å²) >= 11 is 5.69. The van der Waals surface area contributed by atoms with Gasteiger partial charge in [-0.3, -0.25) is 25.0 Å². The summed E-state index contributed by atoms with van der Waals surface area (Å²) < 4.78 is 5.31. The molecule has 9 nitrogen and oxygen atoms in total. The third-order valence-electron chi connectivity index (χ3n) is 3.15. The zero-order chi connectivity index (χ0) is 18.6. The van der Waals surface area contributed by atoms with Crippen LogP contribution >= 0.6 is 11.6 Å². The minimum absolute atomic E-state index is 0.0410. The second-order valence-electron chi connectivity index (χ2n) is 4.97. The van der Waals surface area contributed by atoms with Crippen molar-refractivity contribution in [3.05, 3.63) is 67.2 Å². The Kier molecular flexibility index (Phi) is 5.50. The lowest BCUT2D eigenvalue weighted by Gasteiger charge is -2.09. The van der Waals surface area contributed by atoms with Crippen LogP contribution in [0.15, 0.2) is 36.4 Å². The molecule has 0 heterocycles. The third-order valence-corrected chi connectivity index (χ3v) is 3.47. The topological polar surface area (TPSA) is 125 Å². The standard InChI is InChI=1S/C15H12ClN3O6/c1-9-6-11(18(21)22)3-5-14(9)25-8-15(20)17-10-2-4-12(16)13(7-10)19(23)24/h2-7H,8H2,1H3,(H,17,20). The second-order valence-corrected chi connectivity index (χ2v) is 5.37. The van der Waals surface area contributed by atoms with Crippen LogP contribution in [0.5, 0.6) is 5.75 Å². The van der Waals surface area contributed by atoms with E-state index in [1.54, 1.807) is 6.92 Å². The van der Waals surface area contributed by atoms with E-state index in [2.05, 4.69) is 5.32 Å². The molecule has 0 saturated heterocycles. The molecule has 0 radical (unpaired) electrons. The van der Waals surface area contributed by atoms with Crippen LogP contribution in [-0.2, 0) is 4.79 Å². The number of hydrogen-bond acceptors (Lipinski definition) is 6. The van der Waals surface area contributed by atoms with Crippen molar-refractivity contribution in [3.8, 4) is 5.75 Å². The molecule has 0 spiro atoms. The monoisotopic (exact) mass is 365 g/mol. The molecule has 1 amide bonds. The first-order valence-corrected chi connectivity index (χ1v) is 7.27. The van der Waals surface area contributed by atoms with Crippen molar-refractivity contribution in [3.63, 3.8) is 0 Å². The van der Waals surface area contributed by atoms with E-state index in [0.29, 0.717) is 11.3 Å². The fraction of sp³-hybridized carbons (Fsp3) is 0.133. The maximum atomic E-state index is 11.9. The Morgan fingerprint density at radius 2 is 1.88 bits per heavy atom. The normalized spacial score (nSPS) is 10.2. The summed E-state index contributed by atoms with van der Waals surface area (Å²) in [6, 6.07) is 7.85. The molecule has 0 aromatic heterocycles. The Labute approximate surface area is 146 Å². The van der Waals surface area contributed by atoms with Gasteiger partial charge in [0.05, 0.1) is 9.85 Å². The third kappa shape index (κ3) is 4.64. The first-order valence-electron chi connectivity index (χ1n) is 6.89. The predicted molar refractivity (Wildman–Crippen MR) is 90.1 cm³/mol. The van der Waals surface area contributed by atoms with Crippen molar-refractivity contribution in [1.82, 2.24) is 0 Å². The molecule has 2 aromatic rings. The van der Waals surface area contributed by atoms with Crippen LogP contribution in [0.2, 0.25) is 5.02 Å². The number of rotatable bonds is 6. The van der Waals surface area contributed by atoms with Crippen LogP contribution in [0.25, 0.3) is 0 Å². The SMILES string of the molecule is Cc1cc([N+](=O)[O-])ccc1OCC(=O)Nc1ccc(Cl)c([N+](=O)[O-])c1. The van der Waals surface area contributed by atoms with Gasteiger partial charge in [-0.05, 0) is 30.7 Å². The average molecular weight is 366 g/mol. The van der Waals surface area contributed by atoms with Gasteiger partial charge in [0, 0.05) is 23.9 Å². The molecule has 0 fully saturated rings. The number of nitro groups is 2. The van der Waals surface area contributed by atoms with Gasteiger partial charge in [0.15, 0.2) is 6.61 Å². The highest BCUT2D eigenvalue weighted by Gasteiger charge is 2.15. The molecule has 0 atom stereocenters. The smallest absolute Gasteiger partial charge is 0.289 e. The van der Waals surface area contributed by atoms with Gasteiger partial charge >= 0.3 is 0 Å². The number of carbonyl (C=O) groups excluding carboxylic acids is 1. The van der Waals surface area contributed by atoms with Crippen LogP contribution in [0, 0.1) is 27.2 Å². The maximum Gasteiger partial charge on any atom is 0.289 e. The summed E-state index contributed by atoms with van der Waals surface area (Å²) in [5, 5.41) is 23.9. The maximum absolute atomic E-state index is 11.9. The molecule has 0 bridgehead atoms. The van der Waals surface area contributed by atoms with Gasteiger partial charge in [-0.25, -0.2) is 0 Å². The number of anilines is 1. The summed E-state index contributed by atoms with van der Waals surface area (Å²) in [5.41, 5.74) is 0.295. The molecule has 0 aliphatic carbocycles. The number of carbonyl (C=O) groups is 1. The van der Waals surface area contributed by atoms with Crippen molar-refractivity contribution in [2.24, 2.45) is 0 Å². The number of ether oxygens (including phenoxy) is 1. The summed E-state index contributed by atoms with van der Waals surface area (Å²) in [6.07, 6.45) is 0. The van der Waals surface area contributed by atoms with E-state index < -0.39 is 15.8 Å². The van der Waals surface area contributed by atoms with Crippen molar-refractivity contribution >= 4 is 34.6 Å². The first kappa shape index (κ1) is 18.1. The summed E-state index contributed by atoms with van der Waals surface area (Å²) in [6.45, 7) is 1.25. The number of amides is 1. The number of nitrogens with zero attached hydrogens (tertiary/aromatic N) is 2. The number of non-ortho nitro benzene ring substituents is 1. The highest BCUT2D eigenvalue weighted by Crippen LogP contribution is 2.27. The largest absolute Gasteiger partial charge is 0.483 e. The molecular formula is C15H12ClN3O6. The molecule has 10 heteroatoms. The minimum Gasteiger partial charge on any atom is -0.483 e. The lowest BCUT2D eigenvalue weighted by atomic mass is 10.2. The van der Waals surface area contributed by atoms with E-state index in [4.69, 9.17) is 16.3 Å². The van der Waals surface area contributed by atoms with Gasteiger partial charge in [-0.2, -0.15) is 0 Å². The molecule has 0 aliphatic heterocycles. The van der Waals surface area contributed by atoms with Crippen LogP contribution in [0.3, 0.4) is 0 Å². The van der Waals surface area contributed by atoms with Crippen molar-refractivity contribution in [2.75, 3.05) is 11.9 Å². The van der Waals surface area contributed by atoms with Crippen LogP contribution < -0.4 is 10.1 Å². The fourth-order valence-corrected chi connectivity index (χ4v) is 2.17. The summed E-state index contributed by atoms with van der Waals surface area (Å²) in [5.74, 6) is -0.225. The summed E-state index contributed by atoms with van der Waals surface area (Å²) in [4.78, 5) is 32.2. The van der Waals surface area contributed by atoms with E-state index in [1.165, 1.54) is 30.3 Å². The highest BCUT2D eigenvalue weighted by molar-refractivity contribution is 6.32. The number of nitro benzene ring substituents is 2. The molecule has 25 heavy (non-hydrogen) atoms. The van der Waals surface area contributed by atoms with E-state index >= 15 is 0 Å². The number of halogens is 1. The van der Waals surface area contributed by atoms with Gasteiger partial charge < -0.3 is 10.1 Å². The van der Waals surface area contributed by atoms with Gasteiger partial charge in [0.25, 0.3) is 17.3 Å². The molecule has 1 N–H and O–H groups in total. The quantitative estimate of drug-likeness (QED) is 0.617. The molecular weight excluding hydrogens is 354 g/mol. The lowest BCUT2D eigenvalue weighted by molar-refractivity contribution is -0.385. The Bertz CT molecular complexity index is 855. The number of hydrogen-bond donors (Lipinski definition) is 1. The van der Waals surface area contributed by atoms with Gasteiger partial charge in [-0.1, -0.05) is 11.6 Å². The zero-order valence-electron chi connectivity index (χ0n) is 12.9. The van der Waals surface area contributed by atoms with E-state index in [1.807, 2.05) is 0 Å². The molecule has 2 rings (SSSR count). The van der Waals surface area contributed by atoms with Crippen molar-refractivity contribution < 1.29 is 19.4 Å². The fourth-order valence-electron chi connectivity index (χ4n) is 1.98. The summed E-state index contributed by atoms with van der Waals surface area (Å²) in [7, 11) is 0. The van der Waals surface area contributed by atoms with E-state index in [9.17, 15) is 25.0 Å². The average Bonchev–Trinajstić information content (AvgIpc) is 2.55. The Morgan fingerprint density at radius 3 is 2.48 bits per heavy atom. The Balaban J connectivity index is 2.01.